The minimum Gasteiger partial charge on any atom is -0.384 e. The van der Waals surface area contributed by atoms with E-state index in [-0.39, 0.29) is 0 Å². The van der Waals surface area contributed by atoms with Crippen LogP contribution in [-0.4, -0.2) is 12.2 Å². The fourth-order valence-electron chi connectivity index (χ4n) is 2.96. The highest BCUT2D eigenvalue weighted by Gasteiger charge is 2.25. The molecule has 0 aliphatic heterocycles. The largest absolute Gasteiger partial charge is 0.384 e. The Morgan fingerprint density at radius 1 is 1.39 bits per heavy atom. The molecule has 2 aromatic rings. The third-order valence-electron chi connectivity index (χ3n) is 3.97. The van der Waals surface area contributed by atoms with Crippen molar-refractivity contribution in [2.75, 3.05) is 12.4 Å². The summed E-state index contributed by atoms with van der Waals surface area (Å²) in [5, 5.41) is 7.32. The van der Waals surface area contributed by atoms with E-state index in [9.17, 15) is 0 Å². The lowest BCUT2D eigenvalue weighted by molar-refractivity contribution is 0.399. The van der Waals surface area contributed by atoms with Crippen LogP contribution in [-0.2, 0) is 12.8 Å². The molecule has 1 aromatic heterocycles. The third kappa shape index (κ3) is 1.80. The predicted octanol–water partition coefficient (Wildman–Crippen LogP) is 3.30. The second-order valence-corrected chi connectivity index (χ2v) is 5.02. The summed E-state index contributed by atoms with van der Waals surface area (Å²) in [5.41, 5.74) is 6.51. The number of rotatable bonds is 2. The minimum atomic E-state index is 0.473. The molecular formula is C15H18N2O. The van der Waals surface area contributed by atoms with E-state index in [4.69, 9.17) is 4.52 Å². The highest BCUT2D eigenvalue weighted by molar-refractivity contribution is 5.48. The average molecular weight is 242 g/mol. The van der Waals surface area contributed by atoms with Gasteiger partial charge in [-0.05, 0) is 42.9 Å². The maximum atomic E-state index is 5.09. The van der Waals surface area contributed by atoms with E-state index in [0.717, 1.165) is 30.6 Å². The first kappa shape index (κ1) is 11.3. The number of nitrogens with one attached hydrogen (secondary N) is 1. The number of anilines is 1. The summed E-state index contributed by atoms with van der Waals surface area (Å²) < 4.78 is 5.09. The van der Waals surface area contributed by atoms with Gasteiger partial charge < -0.3 is 9.84 Å². The van der Waals surface area contributed by atoms with Crippen LogP contribution in [0.3, 0.4) is 0 Å². The zero-order valence-electron chi connectivity index (χ0n) is 10.9. The minimum absolute atomic E-state index is 0.473. The third-order valence-corrected chi connectivity index (χ3v) is 3.97. The molecule has 94 valence electrons. The van der Waals surface area contributed by atoms with Crippen molar-refractivity contribution >= 4 is 5.69 Å². The molecule has 1 aromatic carbocycles. The van der Waals surface area contributed by atoms with Crippen LogP contribution < -0.4 is 5.32 Å². The molecule has 18 heavy (non-hydrogen) atoms. The fourth-order valence-corrected chi connectivity index (χ4v) is 2.96. The lowest BCUT2D eigenvalue weighted by Crippen LogP contribution is -2.15. The molecule has 1 aliphatic carbocycles. The van der Waals surface area contributed by atoms with Gasteiger partial charge in [0.15, 0.2) is 0 Å². The van der Waals surface area contributed by atoms with Gasteiger partial charge in [-0.2, -0.15) is 0 Å². The second kappa shape index (κ2) is 4.48. The van der Waals surface area contributed by atoms with Gasteiger partial charge in [-0.25, -0.2) is 0 Å². The van der Waals surface area contributed by atoms with Crippen molar-refractivity contribution in [1.29, 1.82) is 0 Å². The van der Waals surface area contributed by atoms with Crippen LogP contribution in [0.4, 0.5) is 5.69 Å². The molecule has 0 bridgehead atoms. The molecule has 1 aliphatic rings. The zero-order valence-corrected chi connectivity index (χ0v) is 10.9. The molecule has 1 atom stereocenters. The molecular weight excluding hydrogens is 224 g/mol. The summed E-state index contributed by atoms with van der Waals surface area (Å²) in [6, 6.07) is 6.60. The van der Waals surface area contributed by atoms with Gasteiger partial charge in [0.05, 0.1) is 5.69 Å². The first-order chi connectivity index (χ1) is 8.79. The van der Waals surface area contributed by atoms with Gasteiger partial charge >= 0.3 is 0 Å². The summed E-state index contributed by atoms with van der Waals surface area (Å²) in [5.74, 6) is 0.473. The van der Waals surface area contributed by atoms with Crippen molar-refractivity contribution in [2.45, 2.75) is 32.1 Å². The molecule has 0 amide bonds. The lowest BCUT2D eigenvalue weighted by Gasteiger charge is -2.25. The Labute approximate surface area is 107 Å². The van der Waals surface area contributed by atoms with E-state index in [0.29, 0.717) is 5.92 Å². The second-order valence-electron chi connectivity index (χ2n) is 5.02. The number of nitrogens with zero attached hydrogens (tertiary/aromatic N) is 1. The molecule has 0 saturated carbocycles. The van der Waals surface area contributed by atoms with Gasteiger partial charge in [-0.1, -0.05) is 23.4 Å². The molecule has 3 nitrogen and oxygen atoms in total. The van der Waals surface area contributed by atoms with Crippen LogP contribution in [0, 0.1) is 6.92 Å². The Morgan fingerprint density at radius 3 is 3.11 bits per heavy atom. The van der Waals surface area contributed by atoms with Crippen LogP contribution in [0.25, 0.3) is 0 Å². The fraction of sp³-hybridized carbons (Fsp3) is 0.400. The molecule has 0 radical (unpaired) electrons. The van der Waals surface area contributed by atoms with Crippen molar-refractivity contribution in [3.8, 4) is 0 Å². The summed E-state index contributed by atoms with van der Waals surface area (Å²) >= 11 is 0. The predicted molar refractivity (Wildman–Crippen MR) is 72.0 cm³/mol. The van der Waals surface area contributed by atoms with Crippen molar-refractivity contribution in [3.63, 3.8) is 0 Å². The first-order valence-corrected chi connectivity index (χ1v) is 6.49. The Morgan fingerprint density at radius 2 is 2.28 bits per heavy atom. The van der Waals surface area contributed by atoms with Gasteiger partial charge in [-0.15, -0.1) is 0 Å². The smallest absolute Gasteiger partial charge is 0.147 e. The molecule has 1 unspecified atom stereocenters. The molecule has 0 fully saturated rings. The molecule has 1 N–H and O–H groups in total. The highest BCUT2D eigenvalue weighted by atomic mass is 16.5. The normalized spacial score (nSPS) is 18.4. The van der Waals surface area contributed by atoms with E-state index >= 15 is 0 Å². The van der Waals surface area contributed by atoms with Crippen LogP contribution in [0.5, 0.6) is 0 Å². The Hall–Kier alpha value is -1.77. The Kier molecular flexibility index (Phi) is 2.82. The maximum absolute atomic E-state index is 5.09. The van der Waals surface area contributed by atoms with Crippen LogP contribution >= 0.6 is 0 Å². The van der Waals surface area contributed by atoms with E-state index < -0.39 is 0 Å². The summed E-state index contributed by atoms with van der Waals surface area (Å²) in [7, 11) is 1.91. The first-order valence-electron chi connectivity index (χ1n) is 6.49. The lowest BCUT2D eigenvalue weighted by atomic mass is 9.80. The van der Waals surface area contributed by atoms with Crippen molar-refractivity contribution in [2.24, 2.45) is 0 Å². The molecule has 0 spiro atoms. The van der Waals surface area contributed by atoms with Crippen LogP contribution in [0.1, 0.15) is 34.7 Å². The number of fused-ring (bicyclic) bond motifs is 1. The van der Waals surface area contributed by atoms with Gasteiger partial charge in [0, 0.05) is 13.0 Å². The van der Waals surface area contributed by atoms with E-state index in [2.05, 4.69) is 35.6 Å². The van der Waals surface area contributed by atoms with Gasteiger partial charge in [0.2, 0.25) is 0 Å². The Balaban J connectivity index is 1.91. The zero-order chi connectivity index (χ0) is 12.5. The quantitative estimate of drug-likeness (QED) is 0.878. The van der Waals surface area contributed by atoms with Gasteiger partial charge in [-0.3, -0.25) is 0 Å². The van der Waals surface area contributed by atoms with E-state index in [1.807, 2.05) is 7.05 Å². The molecule has 1 heterocycles. The summed E-state index contributed by atoms with van der Waals surface area (Å²) in [6.45, 7) is 2.20. The molecule has 3 rings (SSSR count). The highest BCUT2D eigenvalue weighted by Crippen LogP contribution is 2.36. The van der Waals surface area contributed by atoms with Crippen molar-refractivity contribution < 1.29 is 4.52 Å². The number of aromatic nitrogens is 1. The van der Waals surface area contributed by atoms with E-state index in [1.54, 1.807) is 6.26 Å². The average Bonchev–Trinajstić information content (AvgIpc) is 2.87. The number of aryl methyl sites for hydroxylation is 1. The van der Waals surface area contributed by atoms with Crippen molar-refractivity contribution in [1.82, 2.24) is 5.16 Å². The SMILES string of the molecule is CNc1conc1C1CCc2c(C)cccc2C1. The topological polar surface area (TPSA) is 38.1 Å². The van der Waals surface area contributed by atoms with Crippen LogP contribution in [0.15, 0.2) is 29.0 Å². The van der Waals surface area contributed by atoms with Crippen LogP contribution in [0.2, 0.25) is 0 Å². The summed E-state index contributed by atoms with van der Waals surface area (Å²) in [4.78, 5) is 0. The number of benzene rings is 1. The monoisotopic (exact) mass is 242 g/mol. The number of hydrogen-bond donors (Lipinski definition) is 1. The van der Waals surface area contributed by atoms with Gasteiger partial charge in [0.25, 0.3) is 0 Å². The standard InChI is InChI=1S/C15H18N2O/c1-10-4-3-5-11-8-12(6-7-13(10)11)15-14(16-2)9-18-17-15/h3-5,9,12,16H,6-8H2,1-2H3. The molecule has 3 heteroatoms. The van der Waals surface area contributed by atoms with Crippen molar-refractivity contribution in [3.05, 3.63) is 46.8 Å². The maximum Gasteiger partial charge on any atom is 0.147 e. The van der Waals surface area contributed by atoms with E-state index in [1.165, 1.54) is 16.7 Å². The van der Waals surface area contributed by atoms with Gasteiger partial charge in [0.1, 0.15) is 12.0 Å². The molecule has 0 saturated heterocycles. The Bertz CT molecular complexity index is 559. The summed E-state index contributed by atoms with van der Waals surface area (Å²) in [6.07, 6.45) is 5.06. The number of hydrogen-bond acceptors (Lipinski definition) is 3.